The summed E-state index contributed by atoms with van der Waals surface area (Å²) in [6, 6.07) is 18.5. The summed E-state index contributed by atoms with van der Waals surface area (Å²) in [5.41, 5.74) is 2.53. The van der Waals surface area contributed by atoms with Crippen molar-refractivity contribution in [2.75, 3.05) is 33.9 Å². The van der Waals surface area contributed by atoms with E-state index in [0.717, 1.165) is 18.7 Å². The summed E-state index contributed by atoms with van der Waals surface area (Å²) < 4.78 is 11.8. The van der Waals surface area contributed by atoms with Crippen LogP contribution in [0.2, 0.25) is 0 Å². The Bertz CT molecular complexity index is 773. The molecular formula is C28H42NO3+. The van der Waals surface area contributed by atoms with Crippen molar-refractivity contribution in [3.8, 4) is 5.75 Å². The van der Waals surface area contributed by atoms with Gasteiger partial charge in [0.25, 0.3) is 0 Å². The number of quaternary nitrogens is 1. The molecule has 0 fully saturated rings. The molecule has 0 radical (unpaired) electrons. The predicted octanol–water partition coefficient (Wildman–Crippen LogP) is 6.18. The third-order valence-electron chi connectivity index (χ3n) is 5.59. The lowest BCUT2D eigenvalue weighted by atomic mass is 10.0. The van der Waals surface area contributed by atoms with Crippen LogP contribution in [-0.4, -0.2) is 44.3 Å². The van der Waals surface area contributed by atoms with E-state index in [1.54, 1.807) is 0 Å². The summed E-state index contributed by atoms with van der Waals surface area (Å²) in [7, 11) is 4.09. The molecule has 2 rings (SSSR count). The van der Waals surface area contributed by atoms with Crippen molar-refractivity contribution < 1.29 is 18.8 Å². The van der Waals surface area contributed by atoms with Crippen molar-refractivity contribution in [3.63, 3.8) is 0 Å². The van der Waals surface area contributed by atoms with Crippen molar-refractivity contribution >= 4 is 5.97 Å². The minimum absolute atomic E-state index is 0.192. The molecule has 0 aliphatic rings. The second-order valence-corrected chi connectivity index (χ2v) is 9.33. The molecular weight excluding hydrogens is 398 g/mol. The van der Waals surface area contributed by atoms with Gasteiger partial charge in [0.1, 0.15) is 25.5 Å². The van der Waals surface area contributed by atoms with Crippen LogP contribution in [0.4, 0.5) is 0 Å². The first kappa shape index (κ1) is 25.9. The molecule has 0 atom stereocenters. The highest BCUT2D eigenvalue weighted by molar-refractivity contribution is 5.70. The van der Waals surface area contributed by atoms with Crippen molar-refractivity contribution in [1.29, 1.82) is 0 Å². The highest BCUT2D eigenvalue weighted by Crippen LogP contribution is 2.16. The first-order chi connectivity index (χ1) is 15.5. The van der Waals surface area contributed by atoms with Crippen LogP contribution < -0.4 is 4.74 Å². The summed E-state index contributed by atoms with van der Waals surface area (Å²) in [6.45, 7) is 4.03. The van der Waals surface area contributed by atoms with Gasteiger partial charge in [-0.1, -0.05) is 87.9 Å². The largest absolute Gasteiger partial charge is 0.490 e. The van der Waals surface area contributed by atoms with Gasteiger partial charge in [-0.05, 0) is 30.5 Å². The van der Waals surface area contributed by atoms with Crippen LogP contribution in [-0.2, 0) is 22.5 Å². The van der Waals surface area contributed by atoms with Gasteiger partial charge in [0.15, 0.2) is 6.54 Å². The average Bonchev–Trinajstić information content (AvgIpc) is 2.76. The van der Waals surface area contributed by atoms with Crippen LogP contribution in [0.25, 0.3) is 0 Å². The maximum atomic E-state index is 12.3. The van der Waals surface area contributed by atoms with Gasteiger partial charge in [0.2, 0.25) is 0 Å². The smallest absolute Gasteiger partial charge is 0.361 e. The van der Waals surface area contributed by atoms with Gasteiger partial charge < -0.3 is 14.0 Å². The van der Waals surface area contributed by atoms with E-state index in [0.29, 0.717) is 17.6 Å². The van der Waals surface area contributed by atoms with Crippen molar-refractivity contribution in [3.05, 3.63) is 65.7 Å². The lowest BCUT2D eigenvalue weighted by molar-refractivity contribution is -0.896. The summed E-state index contributed by atoms with van der Waals surface area (Å²) in [6.07, 6.45) is 10.3. The van der Waals surface area contributed by atoms with Crippen molar-refractivity contribution in [2.45, 2.75) is 64.8 Å². The molecule has 0 heterocycles. The molecule has 0 aromatic heterocycles. The third kappa shape index (κ3) is 11.3. The Balaban J connectivity index is 1.61. The van der Waals surface area contributed by atoms with Gasteiger partial charge in [0, 0.05) is 5.56 Å². The van der Waals surface area contributed by atoms with E-state index in [9.17, 15) is 4.79 Å². The second-order valence-electron chi connectivity index (χ2n) is 9.33. The van der Waals surface area contributed by atoms with Gasteiger partial charge >= 0.3 is 5.97 Å². The lowest BCUT2D eigenvalue weighted by Crippen LogP contribution is -2.43. The van der Waals surface area contributed by atoms with Gasteiger partial charge in [0.05, 0.1) is 14.1 Å². The molecule has 0 spiro atoms. The van der Waals surface area contributed by atoms with E-state index in [1.165, 1.54) is 56.1 Å². The molecule has 0 N–H and O–H groups in total. The predicted molar refractivity (Wildman–Crippen MR) is 132 cm³/mol. The molecule has 4 heteroatoms. The SMILES string of the molecule is CCCCCCCCCc1cccc(OCCOC(=O)C[N+](C)(C)Cc2ccccc2)c1. The van der Waals surface area contributed by atoms with Crippen LogP contribution in [0.3, 0.4) is 0 Å². The number of likely N-dealkylation sites (N-methyl/N-ethyl adjacent to an activating group) is 1. The van der Waals surface area contributed by atoms with E-state index in [2.05, 4.69) is 31.2 Å². The fraction of sp³-hybridized carbons (Fsp3) is 0.536. The van der Waals surface area contributed by atoms with Crippen LogP contribution in [0, 0.1) is 0 Å². The molecule has 0 bridgehead atoms. The number of nitrogens with zero attached hydrogens (tertiary/aromatic N) is 1. The van der Waals surface area contributed by atoms with Crippen molar-refractivity contribution in [1.82, 2.24) is 0 Å². The zero-order chi connectivity index (χ0) is 23.1. The summed E-state index contributed by atoms with van der Waals surface area (Å²) in [5, 5.41) is 0. The number of carbonyl (C=O) groups is 1. The van der Waals surface area contributed by atoms with E-state index in [4.69, 9.17) is 9.47 Å². The minimum Gasteiger partial charge on any atom is -0.490 e. The Morgan fingerprint density at radius 2 is 1.50 bits per heavy atom. The maximum absolute atomic E-state index is 12.3. The molecule has 176 valence electrons. The molecule has 0 unspecified atom stereocenters. The topological polar surface area (TPSA) is 35.5 Å². The number of benzene rings is 2. The van der Waals surface area contributed by atoms with E-state index in [-0.39, 0.29) is 12.6 Å². The van der Waals surface area contributed by atoms with E-state index >= 15 is 0 Å². The molecule has 0 saturated carbocycles. The molecule has 2 aromatic carbocycles. The highest BCUT2D eigenvalue weighted by atomic mass is 16.6. The number of hydrogen-bond acceptors (Lipinski definition) is 3. The number of ether oxygens (including phenoxy) is 2. The molecule has 0 saturated heterocycles. The Labute approximate surface area is 195 Å². The Hall–Kier alpha value is -2.33. The Morgan fingerprint density at radius 3 is 2.25 bits per heavy atom. The van der Waals surface area contributed by atoms with E-state index in [1.807, 2.05) is 44.4 Å². The number of esters is 1. The molecule has 0 aliphatic heterocycles. The lowest BCUT2D eigenvalue weighted by Gasteiger charge is -2.28. The van der Waals surface area contributed by atoms with Gasteiger partial charge in [-0.2, -0.15) is 0 Å². The maximum Gasteiger partial charge on any atom is 0.361 e. The second kappa shape index (κ2) is 14.7. The summed E-state index contributed by atoms with van der Waals surface area (Å²) in [5.74, 6) is 0.656. The fourth-order valence-electron chi connectivity index (χ4n) is 3.92. The van der Waals surface area contributed by atoms with Crippen LogP contribution in [0.5, 0.6) is 5.75 Å². The zero-order valence-corrected chi connectivity index (χ0v) is 20.4. The van der Waals surface area contributed by atoms with Gasteiger partial charge in [-0.15, -0.1) is 0 Å². The first-order valence-electron chi connectivity index (χ1n) is 12.2. The minimum atomic E-state index is -0.192. The number of aryl methyl sites for hydroxylation is 1. The van der Waals surface area contributed by atoms with Crippen LogP contribution in [0.1, 0.15) is 63.0 Å². The van der Waals surface area contributed by atoms with Crippen LogP contribution in [0.15, 0.2) is 54.6 Å². The average molecular weight is 441 g/mol. The molecule has 2 aromatic rings. The third-order valence-corrected chi connectivity index (χ3v) is 5.59. The highest BCUT2D eigenvalue weighted by Gasteiger charge is 2.21. The molecule has 4 nitrogen and oxygen atoms in total. The normalized spacial score (nSPS) is 11.3. The number of carbonyl (C=O) groups excluding carboxylic acids is 1. The van der Waals surface area contributed by atoms with Gasteiger partial charge in [-0.3, -0.25) is 0 Å². The fourth-order valence-corrected chi connectivity index (χ4v) is 3.92. The summed E-state index contributed by atoms with van der Waals surface area (Å²) in [4.78, 5) is 12.3. The first-order valence-corrected chi connectivity index (χ1v) is 12.2. The molecule has 32 heavy (non-hydrogen) atoms. The van der Waals surface area contributed by atoms with Gasteiger partial charge in [-0.25, -0.2) is 4.79 Å². The monoisotopic (exact) mass is 440 g/mol. The molecule has 0 aliphatic carbocycles. The molecule has 0 amide bonds. The summed E-state index contributed by atoms with van der Waals surface area (Å²) >= 11 is 0. The van der Waals surface area contributed by atoms with Crippen LogP contribution >= 0.6 is 0 Å². The number of unbranched alkanes of at least 4 members (excludes halogenated alkanes) is 6. The number of rotatable bonds is 16. The standard InChI is InChI=1S/C28H42NO3/c1-4-5-6-7-8-9-11-15-25-18-14-19-27(22-25)31-20-21-32-28(30)24-29(2,3)23-26-16-12-10-13-17-26/h10,12-14,16-19,22H,4-9,11,15,20-21,23-24H2,1-3H3/q+1. The number of hydrogen-bond donors (Lipinski definition) is 0. The zero-order valence-electron chi connectivity index (χ0n) is 20.4. The van der Waals surface area contributed by atoms with Crippen molar-refractivity contribution in [2.24, 2.45) is 0 Å². The Kier molecular flexibility index (Phi) is 11.9. The quantitative estimate of drug-likeness (QED) is 0.178. The Morgan fingerprint density at radius 1 is 0.812 bits per heavy atom. The van der Waals surface area contributed by atoms with E-state index < -0.39 is 0 Å².